The van der Waals surface area contributed by atoms with Crippen molar-refractivity contribution in [3.8, 4) is 11.4 Å². The summed E-state index contributed by atoms with van der Waals surface area (Å²) < 4.78 is 32.3. The molecule has 0 aliphatic rings. The zero-order valence-corrected chi connectivity index (χ0v) is 18.2. The number of rotatable bonds is 10. The third kappa shape index (κ3) is 6.97. The number of aryl methyl sites for hydroxylation is 1. The van der Waals surface area contributed by atoms with Gasteiger partial charge in [0.15, 0.2) is 0 Å². The molecule has 3 rings (SSSR count). The summed E-state index contributed by atoms with van der Waals surface area (Å²) in [6, 6.07) is 10.5. The maximum Gasteiger partial charge on any atom is 0.227 e. The predicted molar refractivity (Wildman–Crippen MR) is 115 cm³/mol. The third-order valence-electron chi connectivity index (χ3n) is 4.33. The van der Waals surface area contributed by atoms with E-state index < -0.39 is 10.0 Å². The van der Waals surface area contributed by atoms with Crippen LogP contribution >= 0.6 is 0 Å². The van der Waals surface area contributed by atoms with E-state index >= 15 is 0 Å². The molecule has 1 amide bonds. The number of sulfonamides is 1. The Morgan fingerprint density at radius 1 is 1.10 bits per heavy atom. The van der Waals surface area contributed by atoms with Crippen LogP contribution in [0, 0.1) is 0 Å². The van der Waals surface area contributed by atoms with Gasteiger partial charge in [0.2, 0.25) is 27.6 Å². The molecule has 3 aromatic rings. The minimum Gasteiger partial charge on any atom is -0.352 e. The molecule has 10 heteroatoms. The second kappa shape index (κ2) is 10.3. The lowest BCUT2D eigenvalue weighted by atomic mass is 10.1. The number of carbonyl (C=O) groups excluding carboxylic acids is 1. The number of hydrogen-bond acceptors (Lipinski definition) is 7. The first-order valence-corrected chi connectivity index (χ1v) is 11.5. The summed E-state index contributed by atoms with van der Waals surface area (Å²) in [6.07, 6.45) is 3.76. The Morgan fingerprint density at radius 2 is 1.81 bits per heavy atom. The van der Waals surface area contributed by atoms with Gasteiger partial charge in [-0.25, -0.2) is 13.1 Å². The second-order valence-corrected chi connectivity index (χ2v) is 9.08. The van der Waals surface area contributed by atoms with E-state index in [9.17, 15) is 13.2 Å². The van der Waals surface area contributed by atoms with E-state index in [1.54, 1.807) is 56.6 Å². The van der Waals surface area contributed by atoms with Crippen molar-refractivity contribution in [2.45, 2.75) is 45.0 Å². The Hall–Kier alpha value is -3.11. The van der Waals surface area contributed by atoms with Crippen molar-refractivity contribution in [1.29, 1.82) is 0 Å². The summed E-state index contributed by atoms with van der Waals surface area (Å²) in [5.41, 5.74) is 2.19. The highest BCUT2D eigenvalue weighted by Gasteiger charge is 2.16. The van der Waals surface area contributed by atoms with Gasteiger partial charge in [-0.1, -0.05) is 29.4 Å². The summed E-state index contributed by atoms with van der Waals surface area (Å²) in [5.74, 6) is 0.481. The maximum absolute atomic E-state index is 12.3. The van der Waals surface area contributed by atoms with Gasteiger partial charge in [0, 0.05) is 43.4 Å². The zero-order chi connectivity index (χ0) is 22.3. The number of nitrogens with one attached hydrogen (secondary N) is 2. The first-order chi connectivity index (χ1) is 14.8. The number of amides is 1. The van der Waals surface area contributed by atoms with Crippen LogP contribution in [0.4, 0.5) is 0 Å². The van der Waals surface area contributed by atoms with Crippen molar-refractivity contribution in [2.24, 2.45) is 0 Å². The summed E-state index contributed by atoms with van der Waals surface area (Å²) >= 11 is 0. The maximum atomic E-state index is 12.3. The van der Waals surface area contributed by atoms with Crippen LogP contribution < -0.4 is 10.0 Å². The number of benzene rings is 1. The van der Waals surface area contributed by atoms with Gasteiger partial charge in [0.1, 0.15) is 0 Å². The molecular formula is C21H25N5O4S. The number of hydrogen-bond donors (Lipinski definition) is 2. The molecule has 0 saturated carbocycles. The first kappa shape index (κ1) is 22.6. The molecule has 0 bridgehead atoms. The molecule has 1 aromatic carbocycles. The molecular weight excluding hydrogens is 418 g/mol. The second-order valence-electron chi connectivity index (χ2n) is 7.32. The van der Waals surface area contributed by atoms with E-state index in [2.05, 4.69) is 25.2 Å². The molecule has 164 valence electrons. The van der Waals surface area contributed by atoms with Gasteiger partial charge in [-0.15, -0.1) is 0 Å². The minimum atomic E-state index is -3.46. The molecule has 2 heterocycles. The average Bonchev–Trinajstić information content (AvgIpc) is 3.20. The fourth-order valence-electron chi connectivity index (χ4n) is 2.95. The zero-order valence-electron chi connectivity index (χ0n) is 17.4. The van der Waals surface area contributed by atoms with E-state index in [1.807, 2.05) is 6.07 Å². The Morgan fingerprint density at radius 3 is 2.52 bits per heavy atom. The van der Waals surface area contributed by atoms with Crippen LogP contribution in [0.1, 0.15) is 37.3 Å². The largest absolute Gasteiger partial charge is 0.352 e. The molecule has 0 unspecified atom stereocenters. The molecule has 9 nitrogen and oxygen atoms in total. The van der Waals surface area contributed by atoms with E-state index in [-0.39, 0.29) is 30.7 Å². The van der Waals surface area contributed by atoms with Crippen LogP contribution in [-0.4, -0.2) is 35.5 Å². The number of pyridine rings is 1. The van der Waals surface area contributed by atoms with Gasteiger partial charge < -0.3 is 9.84 Å². The van der Waals surface area contributed by atoms with E-state index in [0.29, 0.717) is 23.7 Å². The molecule has 31 heavy (non-hydrogen) atoms. The molecule has 2 N–H and O–H groups in total. The smallest absolute Gasteiger partial charge is 0.227 e. The van der Waals surface area contributed by atoms with Gasteiger partial charge in [-0.05, 0) is 37.1 Å². The van der Waals surface area contributed by atoms with E-state index in [1.165, 1.54) is 0 Å². The van der Waals surface area contributed by atoms with Gasteiger partial charge in [-0.2, -0.15) is 4.98 Å². The van der Waals surface area contributed by atoms with Crippen molar-refractivity contribution in [3.63, 3.8) is 0 Å². The lowest BCUT2D eigenvalue weighted by Crippen LogP contribution is -2.32. The highest BCUT2D eigenvalue weighted by molar-refractivity contribution is 7.88. The van der Waals surface area contributed by atoms with Crippen molar-refractivity contribution < 1.29 is 17.7 Å². The van der Waals surface area contributed by atoms with Crippen molar-refractivity contribution in [2.75, 3.05) is 0 Å². The molecule has 0 spiro atoms. The normalized spacial score (nSPS) is 11.6. The molecule has 0 saturated heterocycles. The van der Waals surface area contributed by atoms with E-state index in [0.717, 1.165) is 11.1 Å². The summed E-state index contributed by atoms with van der Waals surface area (Å²) in [6.45, 7) is 3.78. The Bertz CT molecular complexity index is 1110. The fourth-order valence-corrected chi connectivity index (χ4v) is 4.45. The number of carbonyl (C=O) groups is 1. The molecule has 0 aliphatic heterocycles. The monoisotopic (exact) mass is 443 g/mol. The standard InChI is InChI=1S/C21H25N5O4S/c1-15(2)26-31(28,29)14-18-6-4-3-5-17(18)13-23-19(27)7-8-20-24-21(25-30-20)16-9-11-22-12-10-16/h3-6,9-12,15,26H,7-8,13-14H2,1-2H3,(H,23,27). The lowest BCUT2D eigenvalue weighted by Gasteiger charge is -2.13. The van der Waals surface area contributed by atoms with Crippen LogP contribution in [0.3, 0.4) is 0 Å². The van der Waals surface area contributed by atoms with Crippen LogP contribution in [0.15, 0.2) is 53.3 Å². The van der Waals surface area contributed by atoms with E-state index in [4.69, 9.17) is 4.52 Å². The Kier molecular flexibility index (Phi) is 7.48. The third-order valence-corrected chi connectivity index (χ3v) is 5.85. The highest BCUT2D eigenvalue weighted by Crippen LogP contribution is 2.15. The highest BCUT2D eigenvalue weighted by atomic mass is 32.2. The Labute approximate surface area is 181 Å². The molecule has 0 aliphatic carbocycles. The van der Waals surface area contributed by atoms with Crippen LogP contribution in [0.2, 0.25) is 0 Å². The average molecular weight is 444 g/mol. The van der Waals surface area contributed by atoms with Gasteiger partial charge in [0.25, 0.3) is 0 Å². The molecule has 0 fully saturated rings. The molecule has 0 atom stereocenters. The van der Waals surface area contributed by atoms with Crippen LogP contribution in [0.25, 0.3) is 11.4 Å². The predicted octanol–water partition coefficient (Wildman–Crippen LogP) is 2.21. The quantitative estimate of drug-likeness (QED) is 0.492. The number of aromatic nitrogens is 3. The van der Waals surface area contributed by atoms with Crippen LogP contribution in [-0.2, 0) is 33.5 Å². The minimum absolute atomic E-state index is 0.142. The SMILES string of the molecule is CC(C)NS(=O)(=O)Cc1ccccc1CNC(=O)CCc1nc(-c2ccncc2)no1. The number of nitrogens with zero attached hydrogens (tertiary/aromatic N) is 3. The van der Waals surface area contributed by atoms with Gasteiger partial charge >= 0.3 is 0 Å². The van der Waals surface area contributed by atoms with Crippen molar-refractivity contribution >= 4 is 15.9 Å². The lowest BCUT2D eigenvalue weighted by molar-refractivity contribution is -0.121. The molecule has 0 radical (unpaired) electrons. The van der Waals surface area contributed by atoms with Crippen molar-refractivity contribution in [1.82, 2.24) is 25.2 Å². The van der Waals surface area contributed by atoms with Crippen molar-refractivity contribution in [3.05, 3.63) is 65.8 Å². The molecule has 2 aromatic heterocycles. The summed E-state index contributed by atoms with van der Waals surface area (Å²) in [4.78, 5) is 20.5. The van der Waals surface area contributed by atoms with Gasteiger partial charge in [0.05, 0.1) is 5.75 Å². The Balaban J connectivity index is 1.53. The fraction of sp³-hybridized carbons (Fsp3) is 0.333. The summed E-state index contributed by atoms with van der Waals surface area (Å²) in [7, 11) is -3.46. The van der Waals surface area contributed by atoms with Gasteiger partial charge in [-0.3, -0.25) is 9.78 Å². The van der Waals surface area contributed by atoms with Crippen LogP contribution in [0.5, 0.6) is 0 Å². The topological polar surface area (TPSA) is 127 Å². The first-order valence-electron chi connectivity index (χ1n) is 9.89. The summed E-state index contributed by atoms with van der Waals surface area (Å²) in [5, 5.41) is 6.74.